The van der Waals surface area contributed by atoms with E-state index >= 15 is 0 Å². The summed E-state index contributed by atoms with van der Waals surface area (Å²) in [4.78, 5) is 21.9. The summed E-state index contributed by atoms with van der Waals surface area (Å²) in [6, 6.07) is 3.34. The molecule has 0 aromatic heterocycles. The van der Waals surface area contributed by atoms with Gasteiger partial charge in [0.2, 0.25) is 0 Å². The molecule has 20 heavy (non-hydrogen) atoms. The Morgan fingerprint density at radius 2 is 2.25 bits per heavy atom. The van der Waals surface area contributed by atoms with Gasteiger partial charge < -0.3 is 19.9 Å². The number of aliphatic hydroxyl groups excluding tert-OH is 1. The van der Waals surface area contributed by atoms with E-state index in [2.05, 4.69) is 10.1 Å². The number of nitrogens with one attached hydrogen (secondary N) is 1. The van der Waals surface area contributed by atoms with Gasteiger partial charge in [0, 0.05) is 0 Å². The fourth-order valence-corrected chi connectivity index (χ4v) is 1.61. The average Bonchev–Trinajstić information content (AvgIpc) is 2.44. The molecule has 0 saturated heterocycles. The highest BCUT2D eigenvalue weighted by Gasteiger charge is 2.25. The van der Waals surface area contributed by atoms with Gasteiger partial charge in [0.1, 0.15) is 11.7 Å². The van der Waals surface area contributed by atoms with Gasteiger partial charge in [0.15, 0.2) is 5.75 Å². The Labute approximate surface area is 115 Å². The smallest absolute Gasteiger partial charge is 0.333 e. The lowest BCUT2D eigenvalue weighted by Crippen LogP contribution is -2.34. The summed E-state index contributed by atoms with van der Waals surface area (Å²) in [5, 5.41) is 22.8. The van der Waals surface area contributed by atoms with Crippen molar-refractivity contribution >= 4 is 17.3 Å². The lowest BCUT2D eigenvalue weighted by Gasteiger charge is -2.16. The third kappa shape index (κ3) is 3.58. The van der Waals surface area contributed by atoms with E-state index in [0.29, 0.717) is 0 Å². The van der Waals surface area contributed by atoms with Crippen LogP contribution in [0.4, 0.5) is 11.4 Å². The molecule has 0 amide bonds. The van der Waals surface area contributed by atoms with Gasteiger partial charge in [-0.1, -0.05) is 6.07 Å². The lowest BCUT2D eigenvalue weighted by atomic mass is 10.2. The van der Waals surface area contributed by atoms with Crippen molar-refractivity contribution < 1.29 is 24.3 Å². The van der Waals surface area contributed by atoms with Gasteiger partial charge in [-0.3, -0.25) is 10.1 Å². The standard InChI is InChI=1S/C12H16N2O6/c1-3-20-10-6-4-5-8(11(10)14(17)18)13-9(7-15)12(16)19-2/h4-6,9,13,15H,3,7H2,1-2H3. The third-order valence-corrected chi connectivity index (χ3v) is 2.48. The predicted molar refractivity (Wildman–Crippen MR) is 70.8 cm³/mol. The fourth-order valence-electron chi connectivity index (χ4n) is 1.61. The first kappa shape index (κ1) is 15.7. The van der Waals surface area contributed by atoms with Crippen LogP contribution in [-0.4, -0.2) is 42.4 Å². The molecule has 8 heteroatoms. The number of carbonyl (C=O) groups excluding carboxylic acids is 1. The number of para-hydroxylation sites is 1. The summed E-state index contributed by atoms with van der Waals surface area (Å²) in [5.41, 5.74) is -0.220. The highest BCUT2D eigenvalue weighted by Crippen LogP contribution is 2.35. The van der Waals surface area contributed by atoms with E-state index in [1.165, 1.54) is 12.1 Å². The predicted octanol–water partition coefficient (Wildman–Crippen LogP) is 0.939. The highest BCUT2D eigenvalue weighted by molar-refractivity contribution is 5.81. The molecule has 2 N–H and O–H groups in total. The zero-order chi connectivity index (χ0) is 15.1. The zero-order valence-electron chi connectivity index (χ0n) is 11.2. The van der Waals surface area contributed by atoms with Crippen LogP contribution in [0.25, 0.3) is 0 Å². The van der Waals surface area contributed by atoms with E-state index in [4.69, 9.17) is 9.84 Å². The summed E-state index contributed by atoms with van der Waals surface area (Å²) in [5.74, 6) is -0.632. The van der Waals surface area contributed by atoms with Crippen molar-refractivity contribution in [2.45, 2.75) is 13.0 Å². The van der Waals surface area contributed by atoms with Gasteiger partial charge in [0.25, 0.3) is 0 Å². The van der Waals surface area contributed by atoms with Crippen molar-refractivity contribution in [2.24, 2.45) is 0 Å². The number of anilines is 1. The maximum absolute atomic E-state index is 11.4. The van der Waals surface area contributed by atoms with Crippen LogP contribution in [0, 0.1) is 10.1 Å². The molecule has 0 bridgehead atoms. The van der Waals surface area contributed by atoms with E-state index < -0.39 is 23.5 Å². The second-order valence-electron chi connectivity index (χ2n) is 3.75. The minimum absolute atomic E-state index is 0.0744. The van der Waals surface area contributed by atoms with Crippen molar-refractivity contribution in [2.75, 3.05) is 25.6 Å². The third-order valence-electron chi connectivity index (χ3n) is 2.48. The number of nitro benzene ring substituents is 1. The molecule has 0 aliphatic heterocycles. The number of esters is 1. The number of carbonyl (C=O) groups is 1. The summed E-state index contributed by atoms with van der Waals surface area (Å²) in [6.45, 7) is 1.42. The van der Waals surface area contributed by atoms with Gasteiger partial charge in [-0.2, -0.15) is 0 Å². The van der Waals surface area contributed by atoms with Crippen molar-refractivity contribution in [3.05, 3.63) is 28.3 Å². The molecule has 0 aliphatic carbocycles. The fraction of sp³-hybridized carbons (Fsp3) is 0.417. The van der Waals surface area contributed by atoms with Crippen LogP contribution < -0.4 is 10.1 Å². The number of nitrogens with zero attached hydrogens (tertiary/aromatic N) is 1. The SMILES string of the molecule is CCOc1cccc(NC(CO)C(=O)OC)c1[N+](=O)[O-]. The number of hydrogen-bond donors (Lipinski definition) is 2. The van der Waals surface area contributed by atoms with E-state index in [9.17, 15) is 14.9 Å². The van der Waals surface area contributed by atoms with Gasteiger partial charge >= 0.3 is 11.7 Å². The maximum Gasteiger partial charge on any atom is 0.333 e. The molecule has 1 atom stereocenters. The first-order valence-electron chi connectivity index (χ1n) is 5.90. The van der Waals surface area contributed by atoms with E-state index in [1.807, 2.05) is 0 Å². The number of methoxy groups -OCH3 is 1. The summed E-state index contributed by atoms with van der Waals surface area (Å²) in [7, 11) is 1.16. The second kappa shape index (κ2) is 7.29. The Morgan fingerprint density at radius 3 is 2.75 bits per heavy atom. The maximum atomic E-state index is 11.4. The highest BCUT2D eigenvalue weighted by atomic mass is 16.6. The van der Waals surface area contributed by atoms with Crippen molar-refractivity contribution in [1.29, 1.82) is 0 Å². The lowest BCUT2D eigenvalue weighted by molar-refractivity contribution is -0.385. The topological polar surface area (TPSA) is 111 Å². The zero-order valence-corrected chi connectivity index (χ0v) is 11.2. The molecule has 0 aliphatic rings. The minimum atomic E-state index is -1.09. The number of aliphatic hydroxyl groups is 1. The van der Waals surface area contributed by atoms with Crippen LogP contribution in [0.1, 0.15) is 6.92 Å². The quantitative estimate of drug-likeness (QED) is 0.435. The van der Waals surface area contributed by atoms with Crippen molar-refractivity contribution in [1.82, 2.24) is 0 Å². The average molecular weight is 284 g/mol. The molecule has 0 heterocycles. The number of benzene rings is 1. The van der Waals surface area contributed by atoms with E-state index in [1.54, 1.807) is 13.0 Å². The normalized spacial score (nSPS) is 11.6. The van der Waals surface area contributed by atoms with Gasteiger partial charge in [-0.15, -0.1) is 0 Å². The molecule has 0 radical (unpaired) electrons. The van der Waals surface area contributed by atoms with Crippen LogP contribution >= 0.6 is 0 Å². The Kier molecular flexibility index (Phi) is 5.73. The molecule has 8 nitrogen and oxygen atoms in total. The number of rotatable bonds is 7. The molecule has 0 saturated carbocycles. The van der Waals surface area contributed by atoms with Crippen molar-refractivity contribution in [3.8, 4) is 5.75 Å². The number of hydrogen-bond acceptors (Lipinski definition) is 7. The molecule has 1 aromatic rings. The summed E-state index contributed by atoms with van der Waals surface area (Å²) >= 11 is 0. The molecule has 1 rings (SSSR count). The van der Waals surface area contributed by atoms with Crippen LogP contribution in [0.2, 0.25) is 0 Å². The number of nitro groups is 1. The largest absolute Gasteiger partial charge is 0.487 e. The molecular weight excluding hydrogens is 268 g/mol. The summed E-state index contributed by atoms with van der Waals surface area (Å²) < 4.78 is 9.67. The van der Waals surface area contributed by atoms with Gasteiger partial charge in [-0.05, 0) is 19.1 Å². The van der Waals surface area contributed by atoms with E-state index in [-0.39, 0.29) is 23.7 Å². The number of ether oxygens (including phenoxy) is 2. The molecule has 110 valence electrons. The monoisotopic (exact) mass is 284 g/mol. The van der Waals surface area contributed by atoms with Crippen LogP contribution in [0.15, 0.2) is 18.2 Å². The Bertz CT molecular complexity index is 491. The molecular formula is C12H16N2O6. The second-order valence-corrected chi connectivity index (χ2v) is 3.75. The van der Waals surface area contributed by atoms with Gasteiger partial charge in [0.05, 0.1) is 25.2 Å². The Morgan fingerprint density at radius 1 is 1.55 bits per heavy atom. The van der Waals surface area contributed by atoms with Crippen LogP contribution in [0.3, 0.4) is 0 Å². The van der Waals surface area contributed by atoms with Crippen molar-refractivity contribution in [3.63, 3.8) is 0 Å². The first-order valence-corrected chi connectivity index (χ1v) is 5.90. The molecule has 1 aromatic carbocycles. The van der Waals surface area contributed by atoms with Crippen LogP contribution in [-0.2, 0) is 9.53 Å². The Balaban J connectivity index is 3.13. The molecule has 0 spiro atoms. The molecule has 1 unspecified atom stereocenters. The first-order chi connectivity index (χ1) is 9.54. The minimum Gasteiger partial charge on any atom is -0.487 e. The Hall–Kier alpha value is -2.35. The van der Waals surface area contributed by atoms with E-state index in [0.717, 1.165) is 7.11 Å². The summed E-state index contributed by atoms with van der Waals surface area (Å²) in [6.07, 6.45) is 0. The van der Waals surface area contributed by atoms with Crippen LogP contribution in [0.5, 0.6) is 5.75 Å². The molecule has 0 fully saturated rings. The van der Waals surface area contributed by atoms with Gasteiger partial charge in [-0.25, -0.2) is 4.79 Å².